The van der Waals surface area contributed by atoms with Crippen molar-refractivity contribution in [2.45, 2.75) is 91.2 Å². The van der Waals surface area contributed by atoms with Gasteiger partial charge in [-0.05, 0) is 56.4 Å². The largest absolute Gasteiger partial charge is 0.377 e. The van der Waals surface area contributed by atoms with Gasteiger partial charge < -0.3 is 10.1 Å². The van der Waals surface area contributed by atoms with Gasteiger partial charge in [-0.2, -0.15) is 0 Å². The van der Waals surface area contributed by atoms with Crippen molar-refractivity contribution in [3.63, 3.8) is 0 Å². The fourth-order valence-corrected chi connectivity index (χ4v) is 3.82. The predicted octanol–water partition coefficient (Wildman–Crippen LogP) is 4.78. The molecule has 0 aromatic carbocycles. The number of ether oxygens (including phenoxy) is 1. The van der Waals surface area contributed by atoms with Gasteiger partial charge in [0, 0.05) is 13.2 Å². The summed E-state index contributed by atoms with van der Waals surface area (Å²) in [7, 11) is 1.93. The van der Waals surface area contributed by atoms with Gasteiger partial charge in [-0.15, -0.1) is 0 Å². The molecule has 1 N–H and O–H groups in total. The molecule has 0 radical (unpaired) electrons. The van der Waals surface area contributed by atoms with E-state index < -0.39 is 0 Å². The molecule has 0 saturated heterocycles. The topological polar surface area (TPSA) is 21.3 Å². The number of rotatable bonds is 8. The lowest BCUT2D eigenvalue weighted by Crippen LogP contribution is -2.57. The summed E-state index contributed by atoms with van der Waals surface area (Å²) in [5.41, 5.74) is 0.546. The third-order valence-electron chi connectivity index (χ3n) is 5.35. The third kappa shape index (κ3) is 4.46. The molecule has 0 spiro atoms. The fourth-order valence-electron chi connectivity index (χ4n) is 3.82. The van der Waals surface area contributed by atoms with Crippen LogP contribution in [0.25, 0.3) is 0 Å². The molecule has 0 aromatic heterocycles. The van der Waals surface area contributed by atoms with Crippen LogP contribution in [-0.2, 0) is 4.74 Å². The molecule has 2 atom stereocenters. The Morgan fingerprint density at radius 1 is 1.05 bits per heavy atom. The van der Waals surface area contributed by atoms with Crippen molar-refractivity contribution in [1.82, 2.24) is 5.32 Å². The van der Waals surface area contributed by atoms with Gasteiger partial charge in [0.05, 0.1) is 5.60 Å². The average molecular weight is 284 g/mol. The third-order valence-corrected chi connectivity index (χ3v) is 5.35. The summed E-state index contributed by atoms with van der Waals surface area (Å²) in [5, 5.41) is 3.82. The van der Waals surface area contributed by atoms with Gasteiger partial charge >= 0.3 is 0 Å². The maximum Gasteiger partial charge on any atom is 0.0833 e. The van der Waals surface area contributed by atoms with E-state index in [1.807, 2.05) is 7.11 Å². The molecule has 120 valence electrons. The Morgan fingerprint density at radius 3 is 2.10 bits per heavy atom. The highest BCUT2D eigenvalue weighted by molar-refractivity contribution is 5.00. The second kappa shape index (κ2) is 7.79. The van der Waals surface area contributed by atoms with Crippen LogP contribution in [0.15, 0.2) is 0 Å². The van der Waals surface area contributed by atoms with E-state index in [-0.39, 0.29) is 5.60 Å². The molecule has 0 aliphatic heterocycles. The minimum atomic E-state index is 0.0548. The Balaban J connectivity index is 2.84. The lowest BCUT2D eigenvalue weighted by Gasteiger charge is -2.49. The van der Waals surface area contributed by atoms with Gasteiger partial charge in [-0.3, -0.25) is 0 Å². The lowest BCUT2D eigenvalue weighted by molar-refractivity contribution is -0.0979. The SMILES string of the molecule is CCCNC(C(C)CCC)C1(OC)CCC(C)(C)CC1. The normalized spacial score (nSPS) is 24.3. The second-order valence-corrected chi connectivity index (χ2v) is 7.63. The van der Waals surface area contributed by atoms with E-state index in [0.29, 0.717) is 17.4 Å². The quantitative estimate of drug-likeness (QED) is 0.692. The Kier molecular flexibility index (Phi) is 7.00. The highest BCUT2D eigenvalue weighted by Crippen LogP contribution is 2.45. The van der Waals surface area contributed by atoms with E-state index in [0.717, 1.165) is 6.54 Å². The number of hydrogen-bond acceptors (Lipinski definition) is 2. The first-order valence-electron chi connectivity index (χ1n) is 8.69. The zero-order chi connectivity index (χ0) is 15.2. The molecule has 1 rings (SSSR count). The van der Waals surface area contributed by atoms with Crippen molar-refractivity contribution < 1.29 is 4.74 Å². The monoisotopic (exact) mass is 283 g/mol. The van der Waals surface area contributed by atoms with Crippen LogP contribution < -0.4 is 5.32 Å². The number of hydrogen-bond donors (Lipinski definition) is 1. The second-order valence-electron chi connectivity index (χ2n) is 7.63. The van der Waals surface area contributed by atoms with Crippen LogP contribution in [0.2, 0.25) is 0 Å². The molecule has 20 heavy (non-hydrogen) atoms. The van der Waals surface area contributed by atoms with Gasteiger partial charge in [0.1, 0.15) is 0 Å². The van der Waals surface area contributed by atoms with Gasteiger partial charge in [0.2, 0.25) is 0 Å². The molecule has 1 aliphatic carbocycles. The van der Waals surface area contributed by atoms with E-state index in [1.165, 1.54) is 44.9 Å². The smallest absolute Gasteiger partial charge is 0.0833 e. The number of nitrogens with one attached hydrogen (secondary N) is 1. The average Bonchev–Trinajstić information content (AvgIpc) is 2.41. The van der Waals surface area contributed by atoms with Crippen molar-refractivity contribution >= 4 is 0 Å². The summed E-state index contributed by atoms with van der Waals surface area (Å²) in [5.74, 6) is 0.688. The summed E-state index contributed by atoms with van der Waals surface area (Å²) in [6.45, 7) is 12.8. The fraction of sp³-hybridized carbons (Fsp3) is 1.00. The Labute approximate surface area is 127 Å². The zero-order valence-corrected chi connectivity index (χ0v) is 14.7. The van der Waals surface area contributed by atoms with Crippen molar-refractivity contribution in [2.75, 3.05) is 13.7 Å². The van der Waals surface area contributed by atoms with Crippen LogP contribution in [0.4, 0.5) is 0 Å². The van der Waals surface area contributed by atoms with Crippen LogP contribution in [-0.4, -0.2) is 25.3 Å². The summed E-state index contributed by atoms with van der Waals surface area (Å²) in [6.07, 6.45) is 8.71. The standard InChI is InChI=1S/C18H37NO/c1-7-9-15(3)16(19-14-8-2)18(20-6)12-10-17(4,5)11-13-18/h15-16,19H,7-14H2,1-6H3. The summed E-state index contributed by atoms with van der Waals surface area (Å²) in [4.78, 5) is 0. The molecule has 0 amide bonds. The van der Waals surface area contributed by atoms with Gasteiger partial charge in [0.15, 0.2) is 0 Å². The molecule has 2 heteroatoms. The maximum absolute atomic E-state index is 6.14. The minimum absolute atomic E-state index is 0.0548. The Bertz CT molecular complexity index is 265. The van der Waals surface area contributed by atoms with Crippen LogP contribution >= 0.6 is 0 Å². The predicted molar refractivity (Wildman–Crippen MR) is 88.1 cm³/mol. The van der Waals surface area contributed by atoms with Gasteiger partial charge in [0.25, 0.3) is 0 Å². The van der Waals surface area contributed by atoms with Crippen molar-refractivity contribution in [1.29, 1.82) is 0 Å². The first-order chi connectivity index (χ1) is 9.40. The maximum atomic E-state index is 6.14. The lowest BCUT2D eigenvalue weighted by atomic mass is 9.66. The van der Waals surface area contributed by atoms with E-state index in [9.17, 15) is 0 Å². The van der Waals surface area contributed by atoms with Crippen molar-refractivity contribution in [3.8, 4) is 0 Å². The first-order valence-corrected chi connectivity index (χ1v) is 8.69. The molecule has 0 bridgehead atoms. The molecule has 1 fully saturated rings. The number of methoxy groups -OCH3 is 1. The van der Waals surface area contributed by atoms with Gasteiger partial charge in [-0.1, -0.05) is 41.0 Å². The Hall–Kier alpha value is -0.0800. The molecule has 0 aromatic rings. The van der Waals surface area contributed by atoms with Gasteiger partial charge in [-0.25, -0.2) is 0 Å². The summed E-state index contributed by atoms with van der Waals surface area (Å²) < 4.78 is 6.14. The van der Waals surface area contributed by atoms with E-state index in [1.54, 1.807) is 0 Å². The highest BCUT2D eigenvalue weighted by Gasteiger charge is 2.45. The van der Waals surface area contributed by atoms with Crippen LogP contribution in [0, 0.1) is 11.3 Å². The summed E-state index contributed by atoms with van der Waals surface area (Å²) >= 11 is 0. The molecular weight excluding hydrogens is 246 g/mol. The molecule has 1 saturated carbocycles. The molecule has 1 aliphatic rings. The molecule has 2 nitrogen and oxygen atoms in total. The Morgan fingerprint density at radius 2 is 1.65 bits per heavy atom. The first kappa shape index (κ1) is 18.0. The zero-order valence-electron chi connectivity index (χ0n) is 14.7. The molecule has 0 heterocycles. The molecular formula is C18H37NO. The van der Waals surface area contributed by atoms with E-state index in [4.69, 9.17) is 4.74 Å². The molecule has 2 unspecified atom stereocenters. The van der Waals surface area contributed by atoms with Crippen molar-refractivity contribution in [3.05, 3.63) is 0 Å². The van der Waals surface area contributed by atoms with Crippen LogP contribution in [0.3, 0.4) is 0 Å². The van der Waals surface area contributed by atoms with Crippen molar-refractivity contribution in [2.24, 2.45) is 11.3 Å². The highest BCUT2D eigenvalue weighted by atomic mass is 16.5. The minimum Gasteiger partial charge on any atom is -0.377 e. The van der Waals surface area contributed by atoms with Crippen LogP contribution in [0.5, 0.6) is 0 Å². The van der Waals surface area contributed by atoms with E-state index in [2.05, 4.69) is 39.9 Å². The van der Waals surface area contributed by atoms with E-state index >= 15 is 0 Å². The summed E-state index contributed by atoms with van der Waals surface area (Å²) in [6, 6.07) is 0.503. The van der Waals surface area contributed by atoms with Crippen LogP contribution in [0.1, 0.15) is 79.6 Å².